The molecule has 6 heteroatoms. The van der Waals surface area contributed by atoms with Crippen LogP contribution in [0.2, 0.25) is 0 Å². The fourth-order valence-corrected chi connectivity index (χ4v) is 4.32. The highest BCUT2D eigenvalue weighted by Gasteiger charge is 2.40. The van der Waals surface area contributed by atoms with Crippen LogP contribution in [0.3, 0.4) is 0 Å². The number of rotatable bonds is 3. The normalized spacial score (nSPS) is 20.8. The fraction of sp³-hybridized carbons (Fsp3) is 0.381. The van der Waals surface area contributed by atoms with Crippen molar-refractivity contribution in [3.63, 3.8) is 0 Å². The Hall–Kier alpha value is -1.79. The first-order chi connectivity index (χ1) is 12.7. The zero-order valence-electron chi connectivity index (χ0n) is 15.5. The van der Waals surface area contributed by atoms with Gasteiger partial charge in [-0.3, -0.25) is 4.90 Å². The van der Waals surface area contributed by atoms with Crippen molar-refractivity contribution in [2.24, 2.45) is 0 Å². The van der Waals surface area contributed by atoms with Gasteiger partial charge in [0.05, 0.1) is 6.04 Å². The van der Waals surface area contributed by atoms with Crippen molar-refractivity contribution in [1.29, 1.82) is 0 Å². The maximum Gasteiger partial charge on any atom is 0.212 e. The number of hydrogen-bond donors (Lipinski definition) is 0. The van der Waals surface area contributed by atoms with Gasteiger partial charge in [-0.1, -0.05) is 22.0 Å². The van der Waals surface area contributed by atoms with Crippen molar-refractivity contribution in [1.82, 2.24) is 9.88 Å². The molecule has 0 N–H and O–H groups in total. The minimum atomic E-state index is -1.37. The van der Waals surface area contributed by atoms with Crippen LogP contribution >= 0.6 is 15.9 Å². The number of nitrogens with zero attached hydrogens (tertiary/aromatic N) is 2. The van der Waals surface area contributed by atoms with Crippen LogP contribution in [0.4, 0.5) is 8.78 Å². The van der Waals surface area contributed by atoms with Gasteiger partial charge in [-0.05, 0) is 57.0 Å². The van der Waals surface area contributed by atoms with Crippen LogP contribution in [-0.4, -0.2) is 28.1 Å². The Morgan fingerprint density at radius 3 is 2.74 bits per heavy atom. The van der Waals surface area contributed by atoms with E-state index in [4.69, 9.17) is 4.42 Å². The van der Waals surface area contributed by atoms with Crippen LogP contribution in [-0.2, 0) is 6.42 Å². The summed E-state index contributed by atoms with van der Waals surface area (Å²) in [7, 11) is 0. The summed E-state index contributed by atoms with van der Waals surface area (Å²) >= 11 is 3.53. The number of hydrogen-bond acceptors (Lipinski definition) is 3. The first-order valence-electron chi connectivity index (χ1n) is 9.00. The van der Waals surface area contributed by atoms with Crippen molar-refractivity contribution in [2.75, 3.05) is 6.54 Å². The number of halogens is 3. The highest BCUT2D eigenvalue weighted by Crippen LogP contribution is 2.43. The lowest BCUT2D eigenvalue weighted by molar-refractivity contribution is 0.0598. The second kappa shape index (κ2) is 6.67. The van der Waals surface area contributed by atoms with Crippen molar-refractivity contribution in [3.8, 4) is 0 Å². The van der Waals surface area contributed by atoms with E-state index in [1.807, 2.05) is 12.1 Å². The van der Waals surface area contributed by atoms with Crippen LogP contribution < -0.4 is 0 Å². The van der Waals surface area contributed by atoms with Gasteiger partial charge >= 0.3 is 0 Å². The van der Waals surface area contributed by atoms with Crippen molar-refractivity contribution >= 4 is 26.9 Å². The molecule has 0 saturated heterocycles. The topological polar surface area (TPSA) is 29.3 Å². The third kappa shape index (κ3) is 3.52. The summed E-state index contributed by atoms with van der Waals surface area (Å²) in [4.78, 5) is 5.91. The van der Waals surface area contributed by atoms with Gasteiger partial charge in [-0.15, -0.1) is 0 Å². The predicted octanol–water partition coefficient (Wildman–Crippen LogP) is 5.81. The van der Waals surface area contributed by atoms with Crippen LogP contribution in [0.25, 0.3) is 11.0 Å². The molecule has 2 atom stereocenters. The van der Waals surface area contributed by atoms with Crippen LogP contribution in [0.1, 0.15) is 43.7 Å². The molecule has 0 aliphatic carbocycles. The second-order valence-electron chi connectivity index (χ2n) is 7.85. The quantitative estimate of drug-likeness (QED) is 0.486. The van der Waals surface area contributed by atoms with Crippen molar-refractivity contribution in [3.05, 3.63) is 63.8 Å². The van der Waals surface area contributed by atoms with E-state index in [1.54, 1.807) is 19.9 Å². The summed E-state index contributed by atoms with van der Waals surface area (Å²) in [6, 6.07) is 8.77. The maximum atomic E-state index is 14.6. The van der Waals surface area contributed by atoms with E-state index in [0.29, 0.717) is 0 Å². The number of furan rings is 1. The Bertz CT molecular complexity index is 978. The number of aromatic nitrogens is 1. The third-order valence-corrected chi connectivity index (χ3v) is 5.55. The standard InChI is InChI=1S/C21H21BrF2N2O/c1-12-8-16-15-9-14(22)5-6-17(15)27-20(16)19(26(12)11-21(2,3)24)13-4-7-18(23)25-10-13/h4-7,9-10,12,19H,8,11H2,1-3H3. The van der Waals surface area contributed by atoms with Gasteiger partial charge in [0.2, 0.25) is 5.95 Å². The van der Waals surface area contributed by atoms with Gasteiger partial charge in [0.25, 0.3) is 0 Å². The lowest BCUT2D eigenvalue weighted by Gasteiger charge is -2.41. The monoisotopic (exact) mass is 434 g/mol. The molecule has 3 nitrogen and oxygen atoms in total. The van der Waals surface area contributed by atoms with Crippen LogP contribution in [0, 0.1) is 5.95 Å². The van der Waals surface area contributed by atoms with E-state index in [0.717, 1.165) is 38.7 Å². The summed E-state index contributed by atoms with van der Waals surface area (Å²) in [6.45, 7) is 5.49. The average Bonchev–Trinajstić information content (AvgIpc) is 2.93. The van der Waals surface area contributed by atoms with Gasteiger partial charge in [0, 0.05) is 34.2 Å². The van der Waals surface area contributed by atoms with Crippen molar-refractivity contribution < 1.29 is 13.2 Å². The van der Waals surface area contributed by atoms with E-state index >= 15 is 0 Å². The molecule has 142 valence electrons. The van der Waals surface area contributed by atoms with Gasteiger partial charge in [-0.25, -0.2) is 9.37 Å². The molecule has 2 unspecified atom stereocenters. The number of benzene rings is 1. The molecule has 0 spiro atoms. The van der Waals surface area contributed by atoms with Gasteiger partial charge in [0.15, 0.2) is 0 Å². The predicted molar refractivity (Wildman–Crippen MR) is 105 cm³/mol. The van der Waals surface area contributed by atoms with E-state index in [1.165, 1.54) is 12.3 Å². The zero-order chi connectivity index (χ0) is 19.3. The van der Waals surface area contributed by atoms with E-state index in [-0.39, 0.29) is 18.6 Å². The maximum absolute atomic E-state index is 14.6. The van der Waals surface area contributed by atoms with Crippen LogP contribution in [0.15, 0.2) is 45.4 Å². The van der Waals surface area contributed by atoms with Gasteiger partial charge < -0.3 is 4.42 Å². The molecular weight excluding hydrogens is 414 g/mol. The molecule has 1 aromatic carbocycles. The first-order valence-corrected chi connectivity index (χ1v) is 9.79. The Kier molecular flexibility index (Phi) is 4.59. The average molecular weight is 435 g/mol. The van der Waals surface area contributed by atoms with Gasteiger partial charge in [-0.2, -0.15) is 4.39 Å². The Morgan fingerprint density at radius 1 is 1.30 bits per heavy atom. The molecule has 0 saturated carbocycles. The SMILES string of the molecule is CC1Cc2c(oc3ccc(Br)cc23)C(c2ccc(F)nc2)N1CC(C)(C)F. The largest absolute Gasteiger partial charge is 0.459 e. The van der Waals surface area contributed by atoms with E-state index in [9.17, 15) is 8.78 Å². The molecule has 3 aromatic rings. The minimum absolute atomic E-state index is 0.0994. The molecule has 1 aliphatic rings. The molecule has 2 aromatic heterocycles. The lowest BCUT2D eigenvalue weighted by atomic mass is 9.88. The van der Waals surface area contributed by atoms with E-state index in [2.05, 4.69) is 38.8 Å². The van der Waals surface area contributed by atoms with E-state index < -0.39 is 11.6 Å². The molecule has 27 heavy (non-hydrogen) atoms. The Balaban J connectivity index is 1.91. The molecule has 0 bridgehead atoms. The molecule has 1 aliphatic heterocycles. The zero-order valence-corrected chi connectivity index (χ0v) is 17.1. The smallest absolute Gasteiger partial charge is 0.212 e. The van der Waals surface area contributed by atoms with Crippen molar-refractivity contribution in [2.45, 2.75) is 44.9 Å². The van der Waals surface area contributed by atoms with Gasteiger partial charge in [0.1, 0.15) is 17.0 Å². The summed E-state index contributed by atoms with van der Waals surface area (Å²) < 4.78 is 35.2. The fourth-order valence-electron chi connectivity index (χ4n) is 3.96. The highest BCUT2D eigenvalue weighted by atomic mass is 79.9. The Labute approximate surface area is 165 Å². The van der Waals surface area contributed by atoms with Crippen LogP contribution in [0.5, 0.6) is 0 Å². The number of fused-ring (bicyclic) bond motifs is 3. The molecule has 3 heterocycles. The molecule has 0 fully saturated rings. The molecule has 4 rings (SSSR count). The first kappa shape index (κ1) is 18.6. The molecular formula is C21H21BrF2N2O. The lowest BCUT2D eigenvalue weighted by Crippen LogP contribution is -2.47. The number of pyridine rings is 1. The molecule has 0 radical (unpaired) electrons. The summed E-state index contributed by atoms with van der Waals surface area (Å²) in [5, 5.41) is 1.06. The highest BCUT2D eigenvalue weighted by molar-refractivity contribution is 9.10. The Morgan fingerprint density at radius 2 is 2.07 bits per heavy atom. The summed E-state index contributed by atoms with van der Waals surface area (Å²) in [5.74, 6) is 0.257. The second-order valence-corrected chi connectivity index (χ2v) is 8.76. The summed E-state index contributed by atoms with van der Waals surface area (Å²) in [6.07, 6.45) is 2.28. The molecule has 0 amide bonds. The number of alkyl halides is 1. The minimum Gasteiger partial charge on any atom is -0.459 e. The third-order valence-electron chi connectivity index (χ3n) is 5.05. The summed E-state index contributed by atoms with van der Waals surface area (Å²) in [5.41, 5.74) is 1.36.